The molecule has 1 aromatic rings. The highest BCUT2D eigenvalue weighted by Gasteiger charge is 2.09. The van der Waals surface area contributed by atoms with Crippen molar-refractivity contribution in [3.63, 3.8) is 0 Å². The van der Waals surface area contributed by atoms with Gasteiger partial charge in [0.05, 0.1) is 11.4 Å². The number of carboxylic acids is 1. The number of carbonyl (C=O) groups is 1. The normalized spacial score (nSPS) is 12.7. The predicted octanol–water partition coefficient (Wildman–Crippen LogP) is 1.44. The molecule has 1 aromatic heterocycles. The van der Waals surface area contributed by atoms with Crippen molar-refractivity contribution in [3.05, 3.63) is 29.6 Å². The Hall–Kier alpha value is -1.23. The van der Waals surface area contributed by atoms with Crippen LogP contribution < -0.4 is 0 Å². The molecule has 15 heavy (non-hydrogen) atoms. The molecule has 0 saturated carbocycles. The van der Waals surface area contributed by atoms with Crippen molar-refractivity contribution in [1.82, 2.24) is 4.98 Å². The summed E-state index contributed by atoms with van der Waals surface area (Å²) < 4.78 is 11.5. The van der Waals surface area contributed by atoms with Gasteiger partial charge >= 0.3 is 5.97 Å². The summed E-state index contributed by atoms with van der Waals surface area (Å²) in [5.41, 5.74) is 0.551. The van der Waals surface area contributed by atoms with Gasteiger partial charge in [-0.05, 0) is 12.1 Å². The second-order valence-corrected chi connectivity index (χ2v) is 5.39. The molecular weight excluding hydrogens is 214 g/mol. The van der Waals surface area contributed by atoms with Crippen LogP contribution in [0, 0.1) is 0 Å². The molecule has 1 heterocycles. The molecule has 82 valence electrons. The molecule has 0 aliphatic carbocycles. The molecular formula is C10H13NO3S. The zero-order chi connectivity index (χ0) is 11.4. The SMILES string of the molecule is CC(C)S(=O)Cc1cccc(C(=O)O)n1. The van der Waals surface area contributed by atoms with Gasteiger partial charge in [0.15, 0.2) is 0 Å². The van der Waals surface area contributed by atoms with Crippen LogP contribution in [0.1, 0.15) is 30.0 Å². The summed E-state index contributed by atoms with van der Waals surface area (Å²) in [6, 6.07) is 4.72. The van der Waals surface area contributed by atoms with Gasteiger partial charge in [0.25, 0.3) is 0 Å². The molecule has 5 heteroatoms. The number of rotatable bonds is 4. The molecule has 0 fully saturated rings. The summed E-state index contributed by atoms with van der Waals surface area (Å²) in [4.78, 5) is 14.5. The highest BCUT2D eigenvalue weighted by Crippen LogP contribution is 2.06. The topological polar surface area (TPSA) is 67.3 Å². The fourth-order valence-electron chi connectivity index (χ4n) is 0.992. The number of carboxylic acid groups (broad SMARTS) is 1. The number of aromatic nitrogens is 1. The van der Waals surface area contributed by atoms with E-state index in [4.69, 9.17) is 5.11 Å². The minimum absolute atomic E-state index is 0.00624. The summed E-state index contributed by atoms with van der Waals surface area (Å²) in [6.45, 7) is 3.72. The van der Waals surface area contributed by atoms with Gasteiger partial charge in [-0.2, -0.15) is 0 Å². The van der Waals surface area contributed by atoms with E-state index >= 15 is 0 Å². The number of aromatic carboxylic acids is 1. The molecule has 0 bridgehead atoms. The van der Waals surface area contributed by atoms with Gasteiger partial charge in [-0.1, -0.05) is 19.9 Å². The van der Waals surface area contributed by atoms with E-state index in [1.54, 1.807) is 12.1 Å². The second-order valence-electron chi connectivity index (χ2n) is 3.39. The first-order valence-electron chi connectivity index (χ1n) is 4.57. The van der Waals surface area contributed by atoms with Crippen molar-refractivity contribution in [2.45, 2.75) is 24.9 Å². The fraction of sp³-hybridized carbons (Fsp3) is 0.400. The van der Waals surface area contributed by atoms with Crippen molar-refractivity contribution in [2.75, 3.05) is 0 Å². The van der Waals surface area contributed by atoms with Crippen LogP contribution in [0.5, 0.6) is 0 Å². The molecule has 0 spiro atoms. The van der Waals surface area contributed by atoms with Gasteiger partial charge in [0.1, 0.15) is 5.69 Å². The lowest BCUT2D eigenvalue weighted by Gasteiger charge is -2.05. The quantitative estimate of drug-likeness (QED) is 0.845. The van der Waals surface area contributed by atoms with Crippen molar-refractivity contribution in [1.29, 1.82) is 0 Å². The van der Waals surface area contributed by atoms with Gasteiger partial charge in [-0.15, -0.1) is 0 Å². The molecule has 0 aromatic carbocycles. The minimum atomic E-state index is -1.06. The third-order valence-electron chi connectivity index (χ3n) is 1.84. The molecule has 4 nitrogen and oxygen atoms in total. The molecule has 0 saturated heterocycles. The Kier molecular flexibility index (Phi) is 3.96. The molecule has 1 N–H and O–H groups in total. The first-order valence-corrected chi connectivity index (χ1v) is 5.95. The van der Waals surface area contributed by atoms with Crippen LogP contribution in [0.4, 0.5) is 0 Å². The van der Waals surface area contributed by atoms with Crippen LogP contribution >= 0.6 is 0 Å². The van der Waals surface area contributed by atoms with E-state index < -0.39 is 16.8 Å². The lowest BCUT2D eigenvalue weighted by molar-refractivity contribution is 0.0690. The van der Waals surface area contributed by atoms with Crippen molar-refractivity contribution >= 4 is 16.8 Å². The summed E-state index contributed by atoms with van der Waals surface area (Å²) in [5, 5.41) is 8.77. The summed E-state index contributed by atoms with van der Waals surface area (Å²) in [6.07, 6.45) is 0. The lowest BCUT2D eigenvalue weighted by atomic mass is 10.3. The van der Waals surface area contributed by atoms with Crippen LogP contribution in [0.15, 0.2) is 18.2 Å². The van der Waals surface area contributed by atoms with Crippen LogP contribution in [-0.2, 0) is 16.6 Å². The molecule has 1 atom stereocenters. The summed E-state index contributed by atoms with van der Waals surface area (Å²) in [5.74, 6) is -0.758. The molecule has 1 unspecified atom stereocenters. The van der Waals surface area contributed by atoms with Gasteiger partial charge in [0.2, 0.25) is 0 Å². The Bertz CT molecular complexity index is 390. The number of hydrogen-bond acceptors (Lipinski definition) is 3. The van der Waals surface area contributed by atoms with E-state index in [1.807, 2.05) is 13.8 Å². The van der Waals surface area contributed by atoms with Crippen LogP contribution in [0.2, 0.25) is 0 Å². The molecule has 0 amide bonds. The Labute approximate surface area is 90.8 Å². The van der Waals surface area contributed by atoms with Crippen LogP contribution in [0.25, 0.3) is 0 Å². The summed E-state index contributed by atoms with van der Waals surface area (Å²) >= 11 is 0. The van der Waals surface area contributed by atoms with Crippen molar-refractivity contribution in [3.8, 4) is 0 Å². The first kappa shape index (κ1) is 11.8. The largest absolute Gasteiger partial charge is 0.477 e. The molecule has 0 aliphatic rings. The van der Waals surface area contributed by atoms with Crippen LogP contribution in [0.3, 0.4) is 0 Å². The van der Waals surface area contributed by atoms with E-state index in [2.05, 4.69) is 4.98 Å². The van der Waals surface area contributed by atoms with Crippen molar-refractivity contribution in [2.24, 2.45) is 0 Å². The van der Waals surface area contributed by atoms with E-state index in [9.17, 15) is 9.00 Å². The van der Waals surface area contributed by atoms with E-state index in [-0.39, 0.29) is 10.9 Å². The van der Waals surface area contributed by atoms with Gasteiger partial charge in [-0.3, -0.25) is 4.21 Å². The fourth-order valence-corrected chi connectivity index (χ4v) is 1.78. The van der Waals surface area contributed by atoms with E-state index in [0.29, 0.717) is 11.4 Å². The van der Waals surface area contributed by atoms with Gasteiger partial charge < -0.3 is 5.11 Å². The Morgan fingerprint density at radius 3 is 2.73 bits per heavy atom. The maximum absolute atomic E-state index is 11.5. The zero-order valence-electron chi connectivity index (χ0n) is 8.64. The average molecular weight is 227 g/mol. The Morgan fingerprint density at radius 1 is 1.53 bits per heavy atom. The first-order chi connectivity index (χ1) is 7.00. The molecule has 1 rings (SSSR count). The van der Waals surface area contributed by atoms with Gasteiger partial charge in [0, 0.05) is 16.0 Å². The number of hydrogen-bond donors (Lipinski definition) is 1. The Balaban J connectivity index is 2.83. The van der Waals surface area contributed by atoms with Crippen LogP contribution in [-0.4, -0.2) is 25.5 Å². The van der Waals surface area contributed by atoms with E-state index in [1.165, 1.54) is 6.07 Å². The third kappa shape index (κ3) is 3.43. The Morgan fingerprint density at radius 2 is 2.20 bits per heavy atom. The summed E-state index contributed by atoms with van der Waals surface area (Å²) in [7, 11) is -1.000. The highest BCUT2D eigenvalue weighted by atomic mass is 32.2. The zero-order valence-corrected chi connectivity index (χ0v) is 9.45. The smallest absolute Gasteiger partial charge is 0.354 e. The minimum Gasteiger partial charge on any atom is -0.477 e. The second kappa shape index (κ2) is 5.02. The predicted molar refractivity (Wildman–Crippen MR) is 58.2 cm³/mol. The molecule has 0 radical (unpaired) electrons. The maximum Gasteiger partial charge on any atom is 0.354 e. The van der Waals surface area contributed by atoms with Crippen molar-refractivity contribution < 1.29 is 14.1 Å². The monoisotopic (exact) mass is 227 g/mol. The number of nitrogens with zero attached hydrogens (tertiary/aromatic N) is 1. The third-order valence-corrected chi connectivity index (χ3v) is 3.47. The van der Waals surface area contributed by atoms with E-state index in [0.717, 1.165) is 0 Å². The van der Waals surface area contributed by atoms with Gasteiger partial charge in [-0.25, -0.2) is 9.78 Å². The molecule has 0 aliphatic heterocycles. The highest BCUT2D eigenvalue weighted by molar-refractivity contribution is 7.84. The number of pyridine rings is 1. The lowest BCUT2D eigenvalue weighted by Crippen LogP contribution is -2.10. The average Bonchev–Trinajstić information content (AvgIpc) is 2.18. The standard InChI is InChI=1S/C10H13NO3S/c1-7(2)15(14)6-8-4-3-5-9(11-8)10(12)13/h3-5,7H,6H2,1-2H3,(H,12,13). The maximum atomic E-state index is 11.5.